The summed E-state index contributed by atoms with van der Waals surface area (Å²) < 4.78 is 68.2. The van der Waals surface area contributed by atoms with E-state index >= 15 is 0 Å². The van der Waals surface area contributed by atoms with Crippen LogP contribution in [0.1, 0.15) is 17.8 Å². The van der Waals surface area contributed by atoms with Gasteiger partial charge in [0.05, 0.1) is 11.8 Å². The van der Waals surface area contributed by atoms with Crippen LogP contribution in [-0.4, -0.2) is 29.5 Å². The molecule has 0 atom stereocenters. The van der Waals surface area contributed by atoms with Crippen molar-refractivity contribution in [1.29, 1.82) is 0 Å². The van der Waals surface area contributed by atoms with Gasteiger partial charge in [0.25, 0.3) is 12.4 Å². The lowest BCUT2D eigenvalue weighted by molar-refractivity contribution is -0.140. The molecule has 0 aromatic carbocycles. The Morgan fingerprint density at radius 1 is 1.16 bits per heavy atom. The van der Waals surface area contributed by atoms with E-state index in [2.05, 4.69) is 20.2 Å². The predicted octanol–water partition coefficient (Wildman–Crippen LogP) is 2.60. The highest BCUT2D eigenvalue weighted by atomic mass is 19.4. The standard InChI is InChI=1S/C13H10F5N7/c1-24-8(10(14)15)6(5-22-24)7-9(13(16,17)18)23-25(11(7)19)12-20-3-2-4-21-12/h2-5,10H,19H2,1H3. The van der Waals surface area contributed by atoms with Gasteiger partial charge in [0, 0.05) is 25.0 Å². The molecule has 0 unspecified atom stereocenters. The summed E-state index contributed by atoms with van der Waals surface area (Å²) in [5.41, 5.74) is 2.51. The lowest BCUT2D eigenvalue weighted by atomic mass is 10.1. The smallest absolute Gasteiger partial charge is 0.383 e. The minimum absolute atomic E-state index is 0.223. The van der Waals surface area contributed by atoms with Crippen molar-refractivity contribution < 1.29 is 22.0 Å². The second-order valence-electron chi connectivity index (χ2n) is 4.93. The third kappa shape index (κ3) is 2.79. The summed E-state index contributed by atoms with van der Waals surface area (Å²) in [4.78, 5) is 7.55. The van der Waals surface area contributed by atoms with Crippen LogP contribution in [0.4, 0.5) is 27.8 Å². The molecule has 7 nitrogen and oxygen atoms in total. The SMILES string of the molecule is Cn1ncc(-c2c(C(F)(F)F)nn(-c3ncccn3)c2N)c1C(F)F. The minimum atomic E-state index is -4.93. The number of alkyl halides is 5. The number of rotatable bonds is 3. The Balaban J connectivity index is 2.32. The fraction of sp³-hybridized carbons (Fsp3) is 0.231. The van der Waals surface area contributed by atoms with Crippen LogP contribution >= 0.6 is 0 Å². The molecule has 0 saturated heterocycles. The quantitative estimate of drug-likeness (QED) is 0.727. The van der Waals surface area contributed by atoms with Gasteiger partial charge in [-0.2, -0.15) is 28.1 Å². The van der Waals surface area contributed by atoms with Crippen LogP contribution in [0.3, 0.4) is 0 Å². The van der Waals surface area contributed by atoms with Crippen molar-refractivity contribution >= 4 is 5.82 Å². The Bertz CT molecular complexity index is 898. The number of nitrogens with zero attached hydrogens (tertiary/aromatic N) is 6. The largest absolute Gasteiger partial charge is 0.435 e. The Hall–Kier alpha value is -3.05. The topological polar surface area (TPSA) is 87.4 Å². The van der Waals surface area contributed by atoms with E-state index in [4.69, 9.17) is 5.73 Å². The lowest BCUT2D eigenvalue weighted by Crippen LogP contribution is -2.10. The molecule has 12 heteroatoms. The highest BCUT2D eigenvalue weighted by Crippen LogP contribution is 2.43. The van der Waals surface area contributed by atoms with Crippen molar-refractivity contribution in [2.45, 2.75) is 12.6 Å². The van der Waals surface area contributed by atoms with Gasteiger partial charge in [0.15, 0.2) is 5.69 Å². The summed E-state index contributed by atoms with van der Waals surface area (Å²) in [6.07, 6.45) is -4.53. The molecule has 3 aromatic heterocycles. The molecular formula is C13H10F5N7. The van der Waals surface area contributed by atoms with Gasteiger partial charge in [0.1, 0.15) is 11.5 Å². The maximum atomic E-state index is 13.4. The van der Waals surface area contributed by atoms with Gasteiger partial charge in [0.2, 0.25) is 0 Å². The Morgan fingerprint density at radius 2 is 1.80 bits per heavy atom. The molecule has 0 spiro atoms. The van der Waals surface area contributed by atoms with E-state index < -0.39 is 40.9 Å². The number of hydrogen-bond donors (Lipinski definition) is 1. The summed E-state index contributed by atoms with van der Waals surface area (Å²) in [6, 6.07) is 1.45. The van der Waals surface area contributed by atoms with E-state index in [0.29, 0.717) is 4.68 Å². The van der Waals surface area contributed by atoms with Crippen molar-refractivity contribution in [2.24, 2.45) is 7.05 Å². The summed E-state index contributed by atoms with van der Waals surface area (Å²) in [7, 11) is 1.19. The van der Waals surface area contributed by atoms with Crippen LogP contribution in [0.25, 0.3) is 17.1 Å². The van der Waals surface area contributed by atoms with E-state index in [1.807, 2.05) is 0 Å². The number of nitrogens with two attached hydrogens (primary N) is 1. The van der Waals surface area contributed by atoms with Crippen LogP contribution < -0.4 is 5.73 Å². The number of halogens is 5. The summed E-state index contributed by atoms with van der Waals surface area (Å²) in [6.45, 7) is 0. The molecule has 0 aliphatic carbocycles. The molecule has 0 radical (unpaired) electrons. The molecule has 0 bridgehead atoms. The Morgan fingerprint density at radius 3 is 2.36 bits per heavy atom. The van der Waals surface area contributed by atoms with Crippen LogP contribution in [0.2, 0.25) is 0 Å². The van der Waals surface area contributed by atoms with E-state index in [0.717, 1.165) is 10.9 Å². The monoisotopic (exact) mass is 359 g/mol. The first-order valence-corrected chi connectivity index (χ1v) is 6.75. The molecular weight excluding hydrogens is 349 g/mol. The number of hydrogen-bond acceptors (Lipinski definition) is 5. The van der Waals surface area contributed by atoms with Gasteiger partial charge in [-0.25, -0.2) is 18.7 Å². The Labute approximate surface area is 136 Å². The molecule has 3 rings (SSSR count). The van der Waals surface area contributed by atoms with E-state index in [1.54, 1.807) is 0 Å². The van der Waals surface area contributed by atoms with E-state index in [-0.39, 0.29) is 5.95 Å². The third-order valence-corrected chi connectivity index (χ3v) is 3.39. The van der Waals surface area contributed by atoms with Crippen molar-refractivity contribution in [1.82, 2.24) is 29.5 Å². The first-order valence-electron chi connectivity index (χ1n) is 6.75. The number of aryl methyl sites for hydroxylation is 1. The molecule has 3 aromatic rings. The second-order valence-corrected chi connectivity index (χ2v) is 4.93. The maximum Gasteiger partial charge on any atom is 0.435 e. The highest BCUT2D eigenvalue weighted by molar-refractivity contribution is 5.79. The van der Waals surface area contributed by atoms with Gasteiger partial charge in [-0.1, -0.05) is 0 Å². The number of anilines is 1. The van der Waals surface area contributed by atoms with Gasteiger partial charge < -0.3 is 5.73 Å². The zero-order chi connectivity index (χ0) is 18.4. The minimum Gasteiger partial charge on any atom is -0.383 e. The molecule has 2 N–H and O–H groups in total. The molecule has 0 aliphatic heterocycles. The van der Waals surface area contributed by atoms with Crippen LogP contribution in [0.5, 0.6) is 0 Å². The van der Waals surface area contributed by atoms with Crippen LogP contribution in [0, 0.1) is 0 Å². The lowest BCUT2D eigenvalue weighted by Gasteiger charge is -2.08. The van der Waals surface area contributed by atoms with E-state index in [1.165, 1.54) is 25.5 Å². The fourth-order valence-corrected chi connectivity index (χ4v) is 2.35. The van der Waals surface area contributed by atoms with Crippen molar-refractivity contribution in [3.8, 4) is 17.1 Å². The van der Waals surface area contributed by atoms with Crippen molar-refractivity contribution in [3.63, 3.8) is 0 Å². The summed E-state index contributed by atoms with van der Waals surface area (Å²) >= 11 is 0. The first kappa shape index (κ1) is 16.8. The summed E-state index contributed by atoms with van der Waals surface area (Å²) in [5, 5.41) is 7.00. The first-order chi connectivity index (χ1) is 11.7. The molecule has 0 aliphatic rings. The molecule has 3 heterocycles. The van der Waals surface area contributed by atoms with E-state index in [9.17, 15) is 22.0 Å². The third-order valence-electron chi connectivity index (χ3n) is 3.39. The fourth-order valence-electron chi connectivity index (χ4n) is 2.35. The van der Waals surface area contributed by atoms with Crippen LogP contribution in [0.15, 0.2) is 24.7 Å². The second kappa shape index (κ2) is 5.79. The van der Waals surface area contributed by atoms with Crippen molar-refractivity contribution in [3.05, 3.63) is 36.0 Å². The van der Waals surface area contributed by atoms with Crippen LogP contribution in [-0.2, 0) is 13.2 Å². The highest BCUT2D eigenvalue weighted by Gasteiger charge is 2.41. The number of nitrogen functional groups attached to an aromatic ring is 1. The average molecular weight is 359 g/mol. The molecule has 0 fully saturated rings. The normalized spacial score (nSPS) is 12.1. The molecule has 25 heavy (non-hydrogen) atoms. The molecule has 0 saturated carbocycles. The molecule has 0 amide bonds. The number of aromatic nitrogens is 6. The Kier molecular flexibility index (Phi) is 3.89. The average Bonchev–Trinajstić information content (AvgIpc) is 3.08. The zero-order valence-corrected chi connectivity index (χ0v) is 12.5. The maximum absolute atomic E-state index is 13.4. The predicted molar refractivity (Wildman–Crippen MR) is 75.7 cm³/mol. The zero-order valence-electron chi connectivity index (χ0n) is 12.5. The molecule has 132 valence electrons. The van der Waals surface area contributed by atoms with Gasteiger partial charge in [-0.05, 0) is 6.07 Å². The summed E-state index contributed by atoms with van der Waals surface area (Å²) in [5.74, 6) is -0.743. The van der Waals surface area contributed by atoms with Gasteiger partial charge in [-0.3, -0.25) is 4.68 Å². The van der Waals surface area contributed by atoms with Gasteiger partial charge in [-0.15, -0.1) is 0 Å². The van der Waals surface area contributed by atoms with Crippen molar-refractivity contribution in [2.75, 3.05) is 5.73 Å². The van der Waals surface area contributed by atoms with Gasteiger partial charge >= 0.3 is 6.18 Å².